The van der Waals surface area contributed by atoms with Crippen LogP contribution in [0.3, 0.4) is 0 Å². The second-order valence-corrected chi connectivity index (χ2v) is 4.28. The van der Waals surface area contributed by atoms with Crippen LogP contribution in [0.1, 0.15) is 12.2 Å². The molecule has 0 radical (unpaired) electrons. The molecule has 1 heterocycles. The maximum absolute atomic E-state index is 8.52. The lowest BCUT2D eigenvalue weighted by molar-refractivity contribution is 0.405. The number of anilines is 2. The van der Waals surface area contributed by atoms with Crippen LogP contribution < -0.4 is 10.6 Å². The highest BCUT2D eigenvalue weighted by Crippen LogP contribution is 2.10. The average Bonchev–Trinajstić information content (AvgIpc) is 2.31. The van der Waals surface area contributed by atoms with Crippen molar-refractivity contribution in [2.45, 2.75) is 13.3 Å². The first-order valence-corrected chi connectivity index (χ1v) is 5.97. The molecule has 0 aliphatic carbocycles. The number of aromatic nitrogens is 2. The molecule has 0 aliphatic rings. The van der Waals surface area contributed by atoms with Crippen LogP contribution in [0.2, 0.25) is 0 Å². The summed E-state index contributed by atoms with van der Waals surface area (Å²) >= 11 is 0. The Kier molecular flexibility index (Phi) is 5.88. The Morgan fingerprint density at radius 2 is 1.94 bits per heavy atom. The summed E-state index contributed by atoms with van der Waals surface area (Å²) in [4.78, 5) is 10.7. The predicted molar refractivity (Wildman–Crippen MR) is 72.5 cm³/mol. The summed E-state index contributed by atoms with van der Waals surface area (Å²) in [6.07, 6.45) is 1.05. The van der Waals surface area contributed by atoms with Gasteiger partial charge < -0.3 is 15.5 Å². The van der Waals surface area contributed by atoms with Gasteiger partial charge in [-0.15, -0.1) is 0 Å². The molecule has 98 valence electrons. The van der Waals surface area contributed by atoms with E-state index in [2.05, 4.69) is 39.6 Å². The molecule has 1 aromatic heterocycles. The number of hydrogen-bond acceptors (Lipinski definition) is 6. The largest absolute Gasteiger partial charge is 0.370 e. The Bertz CT molecular complexity index is 410. The van der Waals surface area contributed by atoms with Gasteiger partial charge in [0.05, 0.1) is 6.07 Å². The highest BCUT2D eigenvalue weighted by molar-refractivity contribution is 5.47. The third kappa shape index (κ3) is 5.46. The van der Waals surface area contributed by atoms with Gasteiger partial charge in [-0.2, -0.15) is 5.26 Å². The van der Waals surface area contributed by atoms with Gasteiger partial charge in [-0.1, -0.05) is 0 Å². The SMILES string of the molecule is Cc1nc(NCC#N)cc(NCCCN(C)C)n1. The second kappa shape index (κ2) is 7.45. The number of nitriles is 1. The van der Waals surface area contributed by atoms with Gasteiger partial charge in [0.15, 0.2) is 0 Å². The minimum Gasteiger partial charge on any atom is -0.370 e. The topological polar surface area (TPSA) is 76.9 Å². The molecule has 6 nitrogen and oxygen atoms in total. The summed E-state index contributed by atoms with van der Waals surface area (Å²) in [7, 11) is 4.11. The molecule has 0 saturated heterocycles. The van der Waals surface area contributed by atoms with Crippen LogP contribution in [0.15, 0.2) is 6.07 Å². The molecule has 1 rings (SSSR count). The fraction of sp³-hybridized carbons (Fsp3) is 0.583. The molecule has 0 saturated carbocycles. The van der Waals surface area contributed by atoms with Crippen molar-refractivity contribution >= 4 is 11.6 Å². The van der Waals surface area contributed by atoms with Gasteiger partial charge in [0.2, 0.25) is 0 Å². The van der Waals surface area contributed by atoms with Crippen LogP contribution >= 0.6 is 0 Å². The number of nitrogens with one attached hydrogen (secondary N) is 2. The maximum atomic E-state index is 8.52. The Labute approximate surface area is 108 Å². The van der Waals surface area contributed by atoms with Crippen molar-refractivity contribution < 1.29 is 0 Å². The summed E-state index contributed by atoms with van der Waals surface area (Å²) in [5.41, 5.74) is 0. The molecule has 1 aromatic rings. The van der Waals surface area contributed by atoms with Crippen molar-refractivity contribution in [1.82, 2.24) is 14.9 Å². The quantitative estimate of drug-likeness (QED) is 0.555. The van der Waals surface area contributed by atoms with Gasteiger partial charge in [0.1, 0.15) is 24.0 Å². The van der Waals surface area contributed by atoms with Crippen LogP contribution in [0.5, 0.6) is 0 Å². The predicted octanol–water partition coefficient (Wildman–Crippen LogP) is 1.08. The summed E-state index contributed by atoms with van der Waals surface area (Å²) in [5, 5.41) is 14.7. The Hall–Kier alpha value is -1.87. The molecule has 0 unspecified atom stereocenters. The van der Waals surface area contributed by atoms with E-state index in [1.54, 1.807) is 0 Å². The van der Waals surface area contributed by atoms with E-state index in [-0.39, 0.29) is 6.54 Å². The van der Waals surface area contributed by atoms with Crippen LogP contribution in [-0.2, 0) is 0 Å². The lowest BCUT2D eigenvalue weighted by Gasteiger charge is -2.11. The zero-order valence-corrected chi connectivity index (χ0v) is 11.2. The third-order valence-electron chi connectivity index (χ3n) is 2.27. The lowest BCUT2D eigenvalue weighted by atomic mass is 10.4. The third-order valence-corrected chi connectivity index (χ3v) is 2.27. The Morgan fingerprint density at radius 3 is 2.56 bits per heavy atom. The van der Waals surface area contributed by atoms with Gasteiger partial charge in [-0.05, 0) is 34.0 Å². The van der Waals surface area contributed by atoms with Crippen molar-refractivity contribution in [2.24, 2.45) is 0 Å². The molecule has 6 heteroatoms. The maximum Gasteiger partial charge on any atom is 0.132 e. The lowest BCUT2D eigenvalue weighted by Crippen LogP contribution is -2.17. The zero-order valence-electron chi connectivity index (χ0n) is 11.2. The van der Waals surface area contributed by atoms with Crippen molar-refractivity contribution in [3.05, 3.63) is 11.9 Å². The van der Waals surface area contributed by atoms with E-state index in [0.717, 1.165) is 25.3 Å². The van der Waals surface area contributed by atoms with E-state index in [0.29, 0.717) is 11.6 Å². The van der Waals surface area contributed by atoms with Gasteiger partial charge in [0, 0.05) is 12.6 Å². The minimum atomic E-state index is 0.247. The number of rotatable bonds is 7. The molecule has 0 aliphatic heterocycles. The molecule has 18 heavy (non-hydrogen) atoms. The first-order valence-electron chi connectivity index (χ1n) is 5.97. The van der Waals surface area contributed by atoms with E-state index in [9.17, 15) is 0 Å². The number of nitrogens with zero attached hydrogens (tertiary/aromatic N) is 4. The zero-order chi connectivity index (χ0) is 13.4. The summed E-state index contributed by atoms with van der Waals surface area (Å²) in [6, 6.07) is 3.84. The van der Waals surface area contributed by atoms with Crippen molar-refractivity contribution in [2.75, 3.05) is 44.4 Å². The fourth-order valence-electron chi connectivity index (χ4n) is 1.49. The first kappa shape index (κ1) is 14.2. The van der Waals surface area contributed by atoms with Crippen LogP contribution in [0.4, 0.5) is 11.6 Å². The van der Waals surface area contributed by atoms with E-state index >= 15 is 0 Å². The molecular weight excluding hydrogens is 228 g/mol. The van der Waals surface area contributed by atoms with Crippen LogP contribution in [0.25, 0.3) is 0 Å². The van der Waals surface area contributed by atoms with E-state index in [1.165, 1.54) is 0 Å². The number of aryl methyl sites for hydroxylation is 1. The number of hydrogen-bond donors (Lipinski definition) is 2. The van der Waals surface area contributed by atoms with Gasteiger partial charge in [0.25, 0.3) is 0 Å². The molecule has 0 amide bonds. The standard InChI is InChI=1S/C12H20N6/c1-10-16-11(14-6-4-8-18(2)3)9-12(17-10)15-7-5-13/h9H,4,6-8H2,1-3H3,(H2,14,15,16,17). The molecule has 0 fully saturated rings. The van der Waals surface area contributed by atoms with E-state index in [4.69, 9.17) is 5.26 Å². The molecule has 2 N–H and O–H groups in total. The Balaban J connectivity index is 2.49. The summed E-state index contributed by atoms with van der Waals surface area (Å²) < 4.78 is 0. The van der Waals surface area contributed by atoms with Gasteiger partial charge in [-0.3, -0.25) is 0 Å². The highest BCUT2D eigenvalue weighted by atomic mass is 15.1. The second-order valence-electron chi connectivity index (χ2n) is 4.28. The molecule has 0 bridgehead atoms. The molecule has 0 spiro atoms. The van der Waals surface area contributed by atoms with Crippen LogP contribution in [0, 0.1) is 18.3 Å². The van der Waals surface area contributed by atoms with Crippen molar-refractivity contribution in [3.63, 3.8) is 0 Å². The fourth-order valence-corrected chi connectivity index (χ4v) is 1.49. The van der Waals surface area contributed by atoms with Crippen molar-refractivity contribution in [1.29, 1.82) is 5.26 Å². The van der Waals surface area contributed by atoms with Gasteiger partial charge in [-0.25, -0.2) is 9.97 Å². The molecular formula is C12H20N6. The Morgan fingerprint density at radius 1 is 1.28 bits per heavy atom. The summed E-state index contributed by atoms with van der Waals surface area (Å²) in [6.45, 7) is 3.99. The smallest absolute Gasteiger partial charge is 0.132 e. The molecule has 0 atom stereocenters. The van der Waals surface area contributed by atoms with Gasteiger partial charge >= 0.3 is 0 Å². The summed E-state index contributed by atoms with van der Waals surface area (Å²) in [5.74, 6) is 2.16. The first-order chi connectivity index (χ1) is 8.61. The van der Waals surface area contributed by atoms with Crippen LogP contribution in [-0.4, -0.2) is 48.6 Å². The van der Waals surface area contributed by atoms with Crippen molar-refractivity contribution in [3.8, 4) is 6.07 Å². The molecule has 0 aromatic carbocycles. The van der Waals surface area contributed by atoms with E-state index < -0.39 is 0 Å². The monoisotopic (exact) mass is 248 g/mol. The average molecular weight is 248 g/mol. The normalized spacial score (nSPS) is 10.2. The van der Waals surface area contributed by atoms with E-state index in [1.807, 2.05) is 19.1 Å². The highest BCUT2D eigenvalue weighted by Gasteiger charge is 2.01. The minimum absolute atomic E-state index is 0.247.